The van der Waals surface area contributed by atoms with E-state index < -0.39 is 121 Å². The average molecular weight is 2210 g/mol. The predicted octanol–water partition coefficient (Wildman–Crippen LogP) is 24.6. The number of aryl methyl sites for hydroxylation is 14. The van der Waals surface area contributed by atoms with E-state index in [4.69, 9.17) is 91.5 Å². The molecule has 0 atom stereocenters. The number of aliphatic hydroxyl groups excluding tert-OH is 2. The summed E-state index contributed by atoms with van der Waals surface area (Å²) in [6.07, 6.45) is -6.61. The van der Waals surface area contributed by atoms with Crippen LogP contribution >= 0.6 is 102 Å². The molecule has 13 aromatic rings. The number of aromatic carboxylic acids is 8. The van der Waals surface area contributed by atoms with E-state index >= 15 is 0 Å². The Morgan fingerprint density at radius 1 is 0.366 bits per heavy atom. The van der Waals surface area contributed by atoms with Crippen molar-refractivity contribution in [3.8, 4) is 57.1 Å². The van der Waals surface area contributed by atoms with Crippen LogP contribution in [0.2, 0.25) is 5.02 Å². The van der Waals surface area contributed by atoms with Gasteiger partial charge in [0.2, 0.25) is 5.43 Å². The summed E-state index contributed by atoms with van der Waals surface area (Å²) in [6, 6.07) is 32.8. The van der Waals surface area contributed by atoms with E-state index in [1.54, 1.807) is 58.4 Å². The van der Waals surface area contributed by atoms with E-state index in [0.29, 0.717) is 101 Å². The molecule has 13 rings (SSSR count). The minimum absolute atomic E-state index is 0.0109. The molecule has 145 heavy (non-hydrogen) atoms. The Bertz CT molecular complexity index is 6410. The lowest BCUT2D eigenvalue weighted by atomic mass is 9.99. The second kappa shape index (κ2) is 62.0. The van der Waals surface area contributed by atoms with E-state index in [0.717, 1.165) is 123 Å². The zero-order valence-corrected chi connectivity index (χ0v) is 88.1. The van der Waals surface area contributed by atoms with Crippen molar-refractivity contribution in [2.24, 2.45) is 0 Å². The molecule has 0 spiro atoms. The first-order valence-corrected chi connectivity index (χ1v) is 48.9. The number of aliphatic hydroxyl groups is 2. The van der Waals surface area contributed by atoms with Crippen LogP contribution in [0.25, 0.3) is 11.1 Å². The number of benzene rings is 4. The monoisotopic (exact) mass is 2210 g/mol. The van der Waals surface area contributed by atoms with Gasteiger partial charge < -0.3 is 89.7 Å². The maximum Gasteiger partial charge on any atom is 0.573 e. The summed E-state index contributed by atoms with van der Waals surface area (Å²) in [5.74, 6) is -9.85. The molecule has 0 aliphatic carbocycles. The molecule has 0 amide bonds. The Hall–Kier alpha value is -13.0. The van der Waals surface area contributed by atoms with Crippen molar-refractivity contribution in [2.45, 2.75) is 149 Å². The van der Waals surface area contributed by atoms with Crippen LogP contribution in [0.15, 0.2) is 131 Å². The van der Waals surface area contributed by atoms with E-state index in [2.05, 4.69) is 4.74 Å². The maximum atomic E-state index is 12.5. The molecule has 0 fully saturated rings. The third-order valence-electron chi connectivity index (χ3n) is 17.4. The van der Waals surface area contributed by atoms with Crippen LogP contribution < -0.4 is 39.3 Å². The molecule has 0 radical (unpaired) electrons. The number of phenols is 1. The molecule has 0 unspecified atom stereocenters. The number of methoxy groups -OCH3 is 2. The minimum Gasteiger partial charge on any atom is -0.503 e. The van der Waals surface area contributed by atoms with Gasteiger partial charge in [-0.25, -0.2) is 51.5 Å². The number of Topliss-reactive ketones (excluding diaryl/α,β-unsaturated/α-hetero) is 1. The van der Waals surface area contributed by atoms with Crippen LogP contribution in [0.4, 0.5) is 39.5 Å². The normalized spacial score (nSPS) is 10.3. The van der Waals surface area contributed by atoms with Crippen molar-refractivity contribution in [3.63, 3.8) is 0 Å². The summed E-state index contributed by atoms with van der Waals surface area (Å²) < 4.78 is 138. The number of alkyl halides is 6. The van der Waals surface area contributed by atoms with Crippen LogP contribution in [0.3, 0.4) is 0 Å². The first-order chi connectivity index (χ1) is 67.5. The molecule has 0 bridgehead atoms. The Morgan fingerprint density at radius 2 is 0.752 bits per heavy atom. The fourth-order valence-electron chi connectivity index (χ4n) is 11.3. The number of aromatic hydroxyl groups is 2. The lowest BCUT2D eigenvalue weighted by Gasteiger charge is -2.09. The second-order valence-electron chi connectivity index (χ2n) is 29.6. The van der Waals surface area contributed by atoms with E-state index in [1.807, 2.05) is 144 Å². The molecule has 788 valence electrons. The molecular formula is C98H104ClF9O29S8. The van der Waals surface area contributed by atoms with Gasteiger partial charge in [0.15, 0.2) is 55.0 Å². The van der Waals surface area contributed by atoms with Gasteiger partial charge >= 0.3 is 60.3 Å². The van der Waals surface area contributed by atoms with Crippen LogP contribution in [-0.2, 0) is 23.8 Å². The molecule has 0 aliphatic heterocycles. The number of rotatable bonds is 25. The van der Waals surface area contributed by atoms with Gasteiger partial charge in [-0.05, 0) is 222 Å². The van der Waals surface area contributed by atoms with Gasteiger partial charge in [-0.15, -0.1) is 104 Å². The molecule has 0 saturated carbocycles. The molecule has 0 saturated heterocycles. The van der Waals surface area contributed by atoms with Crippen molar-refractivity contribution in [3.05, 3.63) is 287 Å². The topological polar surface area (TPSA) is 486 Å². The highest BCUT2D eigenvalue weighted by molar-refractivity contribution is 7.16. The standard InChI is InChI=1S/C13H18O2.C11H8O3.C10H14O3.C8H10O4S.C8H10O3S.C8H10O2S.C7H5F3O3S.C7H5F3O2S.C7H6F2O.C7H8O2S.C6H5ClO2S.C6H5FO2S/c1-4-5-12(14)9-11-7-6-10(2)8-13(11)15-3;1-6-2-4-7(5-3-6)8-9(12)11(14)10(8)13;1-8-3-4-9(13-6-5-11)10(7-8)12-2;1-5-4-6(12-3-2-9)7(13-5)8(10)11;1-3-11-6-4-5(2)12-7(6)8(9)10;1-3-6-4-5(2)11-7(6)8(9)10;1-3-2-4(13-7(8,9)10)5(14-3)6(11)12;1-3-2-4(7(8,9)10)5(13-3)6(11)12;1-4-2-5(8)7(10)6(9)3-4;1-4-3-5(2)10-6(4)7(8)9;2*1-3-2-4(7)5(10-3)6(8)9/h6-8H,4-5,9H2,1-3H3;2-5,12H,1H3;3-4,7,11H,5-6H2,1-2H3;4,9H,2-3H2,1H3,(H,10,11);4H,3H2,1-2H3,(H,9,10);4H,3H2,1-2H3,(H,9,10);2H,1H3,(H,11,12);2H,1H3,(H,11,12);2-3,10H,1H3;3H,1-2H3,(H,8,9);2*2H,1H3,(H,8,9). The molecule has 8 aromatic heterocycles. The predicted molar refractivity (Wildman–Crippen MR) is 540 cm³/mol. The number of thiophene rings is 8. The first kappa shape index (κ1) is 128. The fraction of sp³-hybridized carbons (Fsp3) is 0.296. The number of ketones is 1. The maximum absolute atomic E-state index is 12.5. The van der Waals surface area contributed by atoms with Crippen LogP contribution in [0.1, 0.15) is 195 Å². The number of phenolic OH excluding ortho intramolecular Hbond substituents is 1. The Balaban J connectivity index is 0.000000536. The van der Waals surface area contributed by atoms with Crippen molar-refractivity contribution in [1.29, 1.82) is 0 Å². The number of hydrogen-bond acceptors (Lipinski definition) is 29. The average Bonchev–Trinajstić information content (AvgIpc) is 1.76. The second-order valence-corrected chi connectivity index (χ2v) is 40.0. The van der Waals surface area contributed by atoms with Gasteiger partial charge in [-0.1, -0.05) is 73.5 Å². The smallest absolute Gasteiger partial charge is 0.503 e. The van der Waals surface area contributed by atoms with Gasteiger partial charge in [0.25, 0.3) is 5.43 Å². The summed E-state index contributed by atoms with van der Waals surface area (Å²) in [4.78, 5) is 124. The van der Waals surface area contributed by atoms with E-state index in [-0.39, 0.29) is 50.7 Å². The lowest BCUT2D eigenvalue weighted by molar-refractivity contribution is -0.274. The summed E-state index contributed by atoms with van der Waals surface area (Å²) in [6.45, 7) is 29.8. The summed E-state index contributed by atoms with van der Waals surface area (Å²) >= 11 is 14.2. The number of ether oxygens (including phenoxy) is 6. The number of carboxylic acids is 8. The number of hydrogen-bond donors (Lipinski definition) is 12. The van der Waals surface area contributed by atoms with Crippen molar-refractivity contribution in [1.82, 2.24) is 0 Å². The Morgan fingerprint density at radius 3 is 1.12 bits per heavy atom. The Labute approximate surface area is 862 Å². The molecule has 12 N–H and O–H groups in total. The van der Waals surface area contributed by atoms with Gasteiger partial charge in [0.1, 0.15) is 66.4 Å². The van der Waals surface area contributed by atoms with E-state index in [9.17, 15) is 97.4 Å². The summed E-state index contributed by atoms with van der Waals surface area (Å²) in [5, 5.41) is 104. The Kier molecular flexibility index (Phi) is 54.7. The van der Waals surface area contributed by atoms with Crippen molar-refractivity contribution < 1.29 is 172 Å². The lowest BCUT2D eigenvalue weighted by Crippen LogP contribution is -2.31. The zero-order valence-electron chi connectivity index (χ0n) is 80.8. The van der Waals surface area contributed by atoms with Crippen molar-refractivity contribution in [2.75, 3.05) is 47.3 Å². The SMILES string of the molecule is CCCC(=O)Cc1ccc(C)cc1OC.CCOc1cc(C)sc1C(=O)O.CCc1cc(C)sc1C(=O)O.COc1cc(C)ccc1OCCO.Cc1cc(C(F)(F)F)c(C(=O)O)s1.Cc1cc(C)c(C(=O)O)s1.Cc1cc(Cl)c(C(=O)O)s1.Cc1cc(F)c(C(=O)O)s1.Cc1cc(F)c(O)c(F)c1.Cc1cc(OC(F)(F)F)c(C(=O)O)s1.Cc1cc(OCCO)c(C(=O)O)s1.Cc1ccc(-c2c(O)c(=O)c2=O)cc1. The number of carbonyl (C=O) groups is 9. The summed E-state index contributed by atoms with van der Waals surface area (Å²) in [7, 11) is 3.24. The van der Waals surface area contributed by atoms with Crippen LogP contribution in [0, 0.1) is 107 Å². The highest BCUT2D eigenvalue weighted by Gasteiger charge is 2.38. The highest BCUT2D eigenvalue weighted by atomic mass is 35.5. The third kappa shape index (κ3) is 44.2. The number of carbonyl (C=O) groups excluding carboxylic acids is 1. The third-order valence-corrected chi connectivity index (χ3v) is 26.2. The largest absolute Gasteiger partial charge is 0.573 e. The number of halogens is 10. The van der Waals surface area contributed by atoms with Crippen LogP contribution in [-0.4, -0.2) is 168 Å². The van der Waals surface area contributed by atoms with Crippen LogP contribution in [0.5, 0.6) is 46.0 Å². The quantitative estimate of drug-likeness (QED) is 0.0187. The highest BCUT2D eigenvalue weighted by Crippen LogP contribution is 2.39. The molecule has 5 aromatic carbocycles. The molecule has 8 heterocycles. The molecule has 47 heteroatoms. The fourth-order valence-corrected chi connectivity index (χ4v) is 18.3. The van der Waals surface area contributed by atoms with Gasteiger partial charge in [-0.2, -0.15) is 13.2 Å². The minimum atomic E-state index is -4.86. The zero-order chi connectivity index (χ0) is 111. The van der Waals surface area contributed by atoms with Gasteiger partial charge in [-0.3, -0.25) is 14.4 Å². The van der Waals surface area contributed by atoms with Gasteiger partial charge in [0, 0.05) is 57.4 Å². The molecule has 29 nitrogen and oxygen atoms in total. The summed E-state index contributed by atoms with van der Waals surface area (Å²) in [5.41, 5.74) is 4.84. The number of carboxylic acid groups (broad SMARTS) is 8. The van der Waals surface area contributed by atoms with Gasteiger partial charge in [0.05, 0.1) is 50.2 Å². The van der Waals surface area contributed by atoms with Crippen molar-refractivity contribution >= 4 is 156 Å². The first-order valence-electron chi connectivity index (χ1n) is 42.0. The van der Waals surface area contributed by atoms with E-state index in [1.165, 1.54) is 76.6 Å². The molecule has 0 aliphatic rings. The molecular weight excluding hydrogens is 2100 g/mol.